The molecule has 1 aliphatic rings. The molecule has 0 radical (unpaired) electrons. The number of hydrogen-bond acceptors (Lipinski definition) is 5. The molecule has 0 unspecified atom stereocenters. The van der Waals surface area contributed by atoms with Gasteiger partial charge in [-0.3, -0.25) is 0 Å². The maximum atomic E-state index is 5.86. The lowest BCUT2D eigenvalue weighted by molar-refractivity contribution is -0.0367. The first-order valence-corrected chi connectivity index (χ1v) is 8.33. The van der Waals surface area contributed by atoms with Crippen LogP contribution >= 0.6 is 0 Å². The Labute approximate surface area is 129 Å². The summed E-state index contributed by atoms with van der Waals surface area (Å²) in [7, 11) is 0. The van der Waals surface area contributed by atoms with Crippen LogP contribution in [0.3, 0.4) is 0 Å². The predicted molar refractivity (Wildman–Crippen MR) is 83.8 cm³/mol. The highest BCUT2D eigenvalue weighted by atomic mass is 16.6. The third-order valence-electron chi connectivity index (χ3n) is 3.74. The zero-order chi connectivity index (χ0) is 15.3. The van der Waals surface area contributed by atoms with Crippen molar-refractivity contribution in [3.63, 3.8) is 0 Å². The van der Waals surface area contributed by atoms with Gasteiger partial charge in [0.25, 0.3) is 0 Å². The molecule has 0 atom stereocenters. The smallest absolute Gasteiger partial charge is 0.0704 e. The average molecular weight is 303 g/mol. The summed E-state index contributed by atoms with van der Waals surface area (Å²) in [6, 6.07) is 0.650. The van der Waals surface area contributed by atoms with Crippen LogP contribution in [0, 0.1) is 0 Å². The summed E-state index contributed by atoms with van der Waals surface area (Å²) in [6.07, 6.45) is 2.68. The van der Waals surface area contributed by atoms with E-state index in [4.69, 9.17) is 18.9 Å². The van der Waals surface area contributed by atoms with Crippen molar-refractivity contribution in [3.8, 4) is 0 Å². The van der Waals surface area contributed by atoms with Gasteiger partial charge >= 0.3 is 0 Å². The van der Waals surface area contributed by atoms with Gasteiger partial charge in [0.15, 0.2) is 0 Å². The molecule has 1 rings (SSSR count). The molecule has 5 heteroatoms. The van der Waals surface area contributed by atoms with E-state index >= 15 is 0 Å². The summed E-state index contributed by atoms with van der Waals surface area (Å²) in [5.74, 6) is 0. The van der Waals surface area contributed by atoms with E-state index in [1.165, 1.54) is 0 Å². The van der Waals surface area contributed by atoms with E-state index in [9.17, 15) is 0 Å². The summed E-state index contributed by atoms with van der Waals surface area (Å²) >= 11 is 0. The molecule has 0 saturated carbocycles. The molecular weight excluding hydrogens is 270 g/mol. The summed E-state index contributed by atoms with van der Waals surface area (Å²) in [4.78, 5) is 2.51. The Bertz CT molecular complexity index is 230. The van der Waals surface area contributed by atoms with Gasteiger partial charge in [-0.1, -0.05) is 0 Å². The fraction of sp³-hybridized carbons (Fsp3) is 1.00. The van der Waals surface area contributed by atoms with Crippen LogP contribution < -0.4 is 0 Å². The third kappa shape index (κ3) is 9.42. The monoisotopic (exact) mass is 303 g/mol. The lowest BCUT2D eigenvalue weighted by atomic mass is 10.1. The standard InChI is InChI=1S/C16H33NO4/c1-4-18-9-10-19-11-12-20-13-14-21-16-5-7-17(8-6-16)15(2)3/h15-16H,4-14H2,1-3H3. The van der Waals surface area contributed by atoms with Gasteiger partial charge < -0.3 is 23.8 Å². The lowest BCUT2D eigenvalue weighted by Gasteiger charge is -2.34. The first-order valence-electron chi connectivity index (χ1n) is 8.33. The number of ether oxygens (including phenoxy) is 4. The molecule has 0 aromatic carbocycles. The van der Waals surface area contributed by atoms with Crippen LogP contribution in [0.25, 0.3) is 0 Å². The Morgan fingerprint density at radius 1 is 0.857 bits per heavy atom. The Balaban J connectivity index is 1.83. The third-order valence-corrected chi connectivity index (χ3v) is 3.74. The molecule has 1 saturated heterocycles. The predicted octanol–water partition coefficient (Wildman–Crippen LogP) is 1.95. The van der Waals surface area contributed by atoms with Gasteiger partial charge in [0.1, 0.15) is 0 Å². The van der Waals surface area contributed by atoms with Crippen molar-refractivity contribution in [3.05, 3.63) is 0 Å². The molecule has 1 heterocycles. The second-order valence-electron chi connectivity index (χ2n) is 5.62. The maximum absolute atomic E-state index is 5.86. The van der Waals surface area contributed by atoms with Crippen molar-refractivity contribution in [2.75, 3.05) is 59.3 Å². The van der Waals surface area contributed by atoms with Gasteiger partial charge in [-0.15, -0.1) is 0 Å². The fourth-order valence-electron chi connectivity index (χ4n) is 2.42. The van der Waals surface area contributed by atoms with Gasteiger partial charge in [0, 0.05) is 25.7 Å². The molecule has 0 amide bonds. The van der Waals surface area contributed by atoms with E-state index in [0.29, 0.717) is 51.8 Å². The lowest BCUT2D eigenvalue weighted by Crippen LogP contribution is -2.41. The van der Waals surface area contributed by atoms with Crippen LogP contribution in [0.5, 0.6) is 0 Å². The Hall–Kier alpha value is -0.200. The van der Waals surface area contributed by atoms with Crippen molar-refractivity contribution >= 4 is 0 Å². The SMILES string of the molecule is CCOCCOCCOCCOC1CCN(C(C)C)CC1. The van der Waals surface area contributed by atoms with E-state index in [-0.39, 0.29) is 0 Å². The van der Waals surface area contributed by atoms with Gasteiger partial charge in [-0.05, 0) is 33.6 Å². The molecule has 126 valence electrons. The number of piperidine rings is 1. The minimum atomic E-state index is 0.408. The average Bonchev–Trinajstić information content (AvgIpc) is 2.49. The van der Waals surface area contributed by atoms with E-state index < -0.39 is 0 Å². The summed E-state index contributed by atoms with van der Waals surface area (Å²) in [5, 5.41) is 0. The molecule has 1 fully saturated rings. The molecule has 0 aromatic heterocycles. The largest absolute Gasteiger partial charge is 0.379 e. The second-order valence-corrected chi connectivity index (χ2v) is 5.62. The first kappa shape index (κ1) is 18.8. The number of hydrogen-bond donors (Lipinski definition) is 0. The summed E-state index contributed by atoms with van der Waals surface area (Å²) < 4.78 is 21.9. The number of nitrogens with zero attached hydrogens (tertiary/aromatic N) is 1. The normalized spacial score (nSPS) is 17.7. The van der Waals surface area contributed by atoms with Crippen LogP contribution in [0.4, 0.5) is 0 Å². The summed E-state index contributed by atoms with van der Waals surface area (Å²) in [6.45, 7) is 13.4. The Kier molecular flexibility index (Phi) is 11.1. The number of rotatable bonds is 12. The molecule has 0 bridgehead atoms. The maximum Gasteiger partial charge on any atom is 0.0704 e. The van der Waals surface area contributed by atoms with Gasteiger partial charge in [-0.2, -0.15) is 0 Å². The highest BCUT2D eigenvalue weighted by molar-refractivity contribution is 4.74. The molecule has 0 aliphatic carbocycles. The fourth-order valence-corrected chi connectivity index (χ4v) is 2.42. The molecule has 0 spiro atoms. The molecule has 1 aliphatic heterocycles. The number of likely N-dealkylation sites (tertiary alicyclic amines) is 1. The second kappa shape index (κ2) is 12.4. The highest BCUT2D eigenvalue weighted by Gasteiger charge is 2.20. The van der Waals surface area contributed by atoms with Crippen LogP contribution in [0.2, 0.25) is 0 Å². The Morgan fingerprint density at radius 3 is 1.90 bits per heavy atom. The zero-order valence-electron chi connectivity index (χ0n) is 14.0. The zero-order valence-corrected chi connectivity index (χ0v) is 14.0. The highest BCUT2D eigenvalue weighted by Crippen LogP contribution is 2.15. The molecule has 21 heavy (non-hydrogen) atoms. The van der Waals surface area contributed by atoms with E-state index in [0.717, 1.165) is 32.5 Å². The van der Waals surface area contributed by atoms with Crippen LogP contribution in [-0.2, 0) is 18.9 Å². The summed E-state index contributed by atoms with van der Waals surface area (Å²) in [5.41, 5.74) is 0. The molecular formula is C16H33NO4. The first-order chi connectivity index (χ1) is 10.2. The van der Waals surface area contributed by atoms with E-state index in [2.05, 4.69) is 18.7 Å². The van der Waals surface area contributed by atoms with E-state index in [1.54, 1.807) is 0 Å². The van der Waals surface area contributed by atoms with Gasteiger partial charge in [0.05, 0.1) is 45.7 Å². The Morgan fingerprint density at radius 2 is 1.38 bits per heavy atom. The molecule has 0 N–H and O–H groups in total. The van der Waals surface area contributed by atoms with Gasteiger partial charge in [-0.25, -0.2) is 0 Å². The van der Waals surface area contributed by atoms with Crippen LogP contribution in [0.1, 0.15) is 33.6 Å². The van der Waals surface area contributed by atoms with Crippen molar-refractivity contribution < 1.29 is 18.9 Å². The molecule has 0 aromatic rings. The van der Waals surface area contributed by atoms with Crippen molar-refractivity contribution in [2.24, 2.45) is 0 Å². The topological polar surface area (TPSA) is 40.2 Å². The van der Waals surface area contributed by atoms with Gasteiger partial charge in [0.2, 0.25) is 0 Å². The van der Waals surface area contributed by atoms with Crippen molar-refractivity contribution in [1.29, 1.82) is 0 Å². The van der Waals surface area contributed by atoms with Crippen molar-refractivity contribution in [2.45, 2.75) is 45.8 Å². The minimum Gasteiger partial charge on any atom is -0.379 e. The van der Waals surface area contributed by atoms with E-state index in [1.807, 2.05) is 6.92 Å². The van der Waals surface area contributed by atoms with Crippen molar-refractivity contribution in [1.82, 2.24) is 4.90 Å². The quantitative estimate of drug-likeness (QED) is 0.515. The van der Waals surface area contributed by atoms with Crippen LogP contribution in [0.15, 0.2) is 0 Å². The van der Waals surface area contributed by atoms with Crippen LogP contribution in [-0.4, -0.2) is 76.4 Å². The minimum absolute atomic E-state index is 0.408. The molecule has 5 nitrogen and oxygen atoms in total.